The number of hydrogen-bond acceptors (Lipinski definition) is 5. The number of primary amides is 1. The highest BCUT2D eigenvalue weighted by atomic mass is 16.1. The summed E-state index contributed by atoms with van der Waals surface area (Å²) in [5, 5.41) is 0. The second-order valence-corrected chi connectivity index (χ2v) is 5.31. The Kier molecular flexibility index (Phi) is 4.44. The molecule has 6 nitrogen and oxygen atoms in total. The van der Waals surface area contributed by atoms with E-state index in [9.17, 15) is 4.79 Å². The Balaban J connectivity index is 2.16. The van der Waals surface area contributed by atoms with Gasteiger partial charge in [-0.25, -0.2) is 4.98 Å². The number of nitrogen functional groups attached to an aromatic ring is 1. The van der Waals surface area contributed by atoms with Crippen LogP contribution in [0.2, 0.25) is 0 Å². The van der Waals surface area contributed by atoms with Crippen molar-refractivity contribution in [1.29, 1.82) is 0 Å². The van der Waals surface area contributed by atoms with E-state index >= 15 is 0 Å². The molecule has 4 N–H and O–H groups in total. The molecule has 6 heteroatoms. The van der Waals surface area contributed by atoms with E-state index in [1.165, 1.54) is 12.8 Å². The molecule has 1 aromatic rings. The molecule has 0 radical (unpaired) electrons. The molecule has 110 valence electrons. The Bertz CT molecular complexity index is 490. The van der Waals surface area contributed by atoms with Crippen LogP contribution in [0, 0.1) is 0 Å². The summed E-state index contributed by atoms with van der Waals surface area (Å²) in [5.41, 5.74) is 11.9. The fraction of sp³-hybridized carbons (Fsp3) is 0.571. The topological polar surface area (TPSA) is 88.5 Å². The van der Waals surface area contributed by atoms with Gasteiger partial charge >= 0.3 is 0 Å². The van der Waals surface area contributed by atoms with Gasteiger partial charge in [-0.3, -0.25) is 9.69 Å². The third-order valence-electron chi connectivity index (χ3n) is 3.90. The Labute approximate surface area is 119 Å². The zero-order valence-electron chi connectivity index (χ0n) is 12.2. The second-order valence-electron chi connectivity index (χ2n) is 5.31. The Morgan fingerprint density at radius 1 is 1.60 bits per heavy atom. The Morgan fingerprint density at radius 3 is 3.00 bits per heavy atom. The lowest BCUT2D eigenvalue weighted by Gasteiger charge is -2.29. The molecule has 2 heterocycles. The van der Waals surface area contributed by atoms with Gasteiger partial charge in [0.15, 0.2) is 0 Å². The summed E-state index contributed by atoms with van der Waals surface area (Å²) >= 11 is 0. The number of likely N-dealkylation sites (tertiary alicyclic amines) is 1. The number of nitrogens with two attached hydrogens (primary N) is 2. The molecular weight excluding hydrogens is 254 g/mol. The van der Waals surface area contributed by atoms with Crippen molar-refractivity contribution in [2.24, 2.45) is 5.73 Å². The van der Waals surface area contributed by atoms with Crippen LogP contribution in [0.3, 0.4) is 0 Å². The van der Waals surface area contributed by atoms with Crippen LogP contribution in [0.25, 0.3) is 0 Å². The zero-order chi connectivity index (χ0) is 14.7. The van der Waals surface area contributed by atoms with Crippen molar-refractivity contribution in [2.75, 3.05) is 37.3 Å². The van der Waals surface area contributed by atoms with Crippen LogP contribution in [0.15, 0.2) is 12.3 Å². The number of aromatic nitrogens is 1. The van der Waals surface area contributed by atoms with Crippen molar-refractivity contribution in [3.63, 3.8) is 0 Å². The SMILES string of the molecule is CCN1CCCC1CN(C)c1ncc(N)cc1C(N)=O. The standard InChI is InChI=1S/C14H23N5O/c1-3-19-6-4-5-11(19)9-18(2)14-12(13(16)20)7-10(15)8-17-14/h7-8,11H,3-6,9,15H2,1-2H3,(H2,16,20). The number of carbonyl (C=O) groups excluding carboxylic acids is 1. The second kappa shape index (κ2) is 6.09. The van der Waals surface area contributed by atoms with Gasteiger partial charge in [0.05, 0.1) is 17.4 Å². The average Bonchev–Trinajstić information content (AvgIpc) is 2.85. The van der Waals surface area contributed by atoms with E-state index in [0.29, 0.717) is 23.1 Å². The van der Waals surface area contributed by atoms with E-state index in [1.807, 2.05) is 11.9 Å². The molecule has 0 spiro atoms. The molecule has 1 fully saturated rings. The third-order valence-corrected chi connectivity index (χ3v) is 3.90. The highest BCUT2D eigenvalue weighted by molar-refractivity contribution is 5.98. The number of hydrogen-bond donors (Lipinski definition) is 2. The van der Waals surface area contributed by atoms with Crippen molar-refractivity contribution < 1.29 is 4.79 Å². The molecule has 0 aliphatic carbocycles. The van der Waals surface area contributed by atoms with Crippen molar-refractivity contribution in [3.05, 3.63) is 17.8 Å². The summed E-state index contributed by atoms with van der Waals surface area (Å²) in [6.45, 7) is 5.21. The molecule has 0 saturated carbocycles. The highest BCUT2D eigenvalue weighted by Crippen LogP contribution is 2.22. The lowest BCUT2D eigenvalue weighted by molar-refractivity contribution is 0.100. The zero-order valence-corrected chi connectivity index (χ0v) is 12.2. The summed E-state index contributed by atoms with van der Waals surface area (Å²) in [6.07, 6.45) is 3.97. The van der Waals surface area contributed by atoms with E-state index < -0.39 is 5.91 Å². The van der Waals surface area contributed by atoms with Crippen molar-refractivity contribution >= 4 is 17.4 Å². The molecule has 1 atom stereocenters. The first-order chi connectivity index (χ1) is 9.52. The first-order valence-electron chi connectivity index (χ1n) is 7.03. The number of carbonyl (C=O) groups is 1. The van der Waals surface area contributed by atoms with E-state index in [4.69, 9.17) is 11.5 Å². The molecular formula is C14H23N5O. The van der Waals surface area contributed by atoms with Gasteiger partial charge in [-0.05, 0) is 32.0 Å². The number of nitrogens with zero attached hydrogens (tertiary/aromatic N) is 3. The number of amides is 1. The summed E-state index contributed by atoms with van der Waals surface area (Å²) in [5.74, 6) is 0.111. The van der Waals surface area contributed by atoms with E-state index in [2.05, 4.69) is 16.8 Å². The van der Waals surface area contributed by atoms with Gasteiger partial charge < -0.3 is 16.4 Å². The van der Waals surface area contributed by atoms with Crippen LogP contribution in [0.4, 0.5) is 11.5 Å². The highest BCUT2D eigenvalue weighted by Gasteiger charge is 2.25. The molecule has 1 aliphatic rings. The van der Waals surface area contributed by atoms with Gasteiger partial charge in [-0.1, -0.05) is 6.92 Å². The van der Waals surface area contributed by atoms with E-state index in [-0.39, 0.29) is 0 Å². The molecule has 0 aromatic carbocycles. The number of pyridine rings is 1. The Morgan fingerprint density at radius 2 is 2.35 bits per heavy atom. The minimum absolute atomic E-state index is 0.383. The molecule has 1 aromatic heterocycles. The van der Waals surface area contributed by atoms with Gasteiger partial charge in [-0.15, -0.1) is 0 Å². The van der Waals surface area contributed by atoms with E-state index in [1.54, 1.807) is 12.3 Å². The molecule has 1 amide bonds. The maximum Gasteiger partial charge on any atom is 0.252 e. The normalized spacial score (nSPS) is 19.2. The predicted molar refractivity (Wildman–Crippen MR) is 80.7 cm³/mol. The average molecular weight is 277 g/mol. The number of likely N-dealkylation sites (N-methyl/N-ethyl adjacent to an activating group) is 2. The molecule has 20 heavy (non-hydrogen) atoms. The van der Waals surface area contributed by atoms with Gasteiger partial charge in [0.2, 0.25) is 0 Å². The number of anilines is 2. The summed E-state index contributed by atoms with van der Waals surface area (Å²) < 4.78 is 0. The van der Waals surface area contributed by atoms with Crippen LogP contribution >= 0.6 is 0 Å². The molecule has 0 bridgehead atoms. The van der Waals surface area contributed by atoms with Crippen molar-refractivity contribution in [1.82, 2.24) is 9.88 Å². The minimum Gasteiger partial charge on any atom is -0.397 e. The quantitative estimate of drug-likeness (QED) is 0.826. The monoisotopic (exact) mass is 277 g/mol. The maximum atomic E-state index is 11.5. The first kappa shape index (κ1) is 14.6. The lowest BCUT2D eigenvalue weighted by Crippen LogP contribution is -2.39. The summed E-state index contributed by atoms with van der Waals surface area (Å²) in [6, 6.07) is 2.10. The minimum atomic E-state index is -0.495. The Hall–Kier alpha value is -1.82. The van der Waals surface area contributed by atoms with Gasteiger partial charge in [0.25, 0.3) is 5.91 Å². The summed E-state index contributed by atoms with van der Waals surface area (Å²) in [4.78, 5) is 20.3. The van der Waals surface area contributed by atoms with Crippen LogP contribution < -0.4 is 16.4 Å². The first-order valence-corrected chi connectivity index (χ1v) is 7.03. The van der Waals surface area contributed by atoms with Crippen LogP contribution in [0.5, 0.6) is 0 Å². The number of rotatable bonds is 5. The molecule has 2 rings (SSSR count). The smallest absolute Gasteiger partial charge is 0.252 e. The van der Waals surface area contributed by atoms with Crippen molar-refractivity contribution in [2.45, 2.75) is 25.8 Å². The fourth-order valence-corrected chi connectivity index (χ4v) is 2.88. The van der Waals surface area contributed by atoms with Crippen LogP contribution in [-0.2, 0) is 0 Å². The molecule has 1 unspecified atom stereocenters. The lowest BCUT2D eigenvalue weighted by atomic mass is 10.1. The van der Waals surface area contributed by atoms with E-state index in [0.717, 1.165) is 19.6 Å². The maximum absolute atomic E-state index is 11.5. The predicted octanol–water partition coefficient (Wildman–Crippen LogP) is 0.683. The molecule has 1 saturated heterocycles. The largest absolute Gasteiger partial charge is 0.397 e. The summed E-state index contributed by atoms with van der Waals surface area (Å²) in [7, 11) is 1.94. The van der Waals surface area contributed by atoms with Crippen molar-refractivity contribution in [3.8, 4) is 0 Å². The van der Waals surface area contributed by atoms with Gasteiger partial charge in [0, 0.05) is 19.6 Å². The van der Waals surface area contributed by atoms with Crippen LogP contribution in [0.1, 0.15) is 30.1 Å². The molecule has 1 aliphatic heterocycles. The van der Waals surface area contributed by atoms with Gasteiger partial charge in [-0.2, -0.15) is 0 Å². The van der Waals surface area contributed by atoms with Gasteiger partial charge in [0.1, 0.15) is 5.82 Å². The van der Waals surface area contributed by atoms with Crippen LogP contribution in [-0.4, -0.2) is 48.5 Å². The fourth-order valence-electron chi connectivity index (χ4n) is 2.88. The third kappa shape index (κ3) is 3.01.